The Hall–Kier alpha value is -1.20. The normalized spacial score (nSPS) is 22.3. The van der Waals surface area contributed by atoms with E-state index in [0.29, 0.717) is 29.4 Å². The summed E-state index contributed by atoms with van der Waals surface area (Å²) in [5.41, 5.74) is 0. The lowest BCUT2D eigenvalue weighted by molar-refractivity contribution is -0.119. The molecule has 1 aromatic heterocycles. The lowest BCUT2D eigenvalue weighted by atomic mass is 9.80. The molecule has 0 unspecified atom stereocenters. The van der Waals surface area contributed by atoms with Crippen molar-refractivity contribution in [3.8, 4) is 0 Å². The van der Waals surface area contributed by atoms with Gasteiger partial charge in [0.2, 0.25) is 5.91 Å². The average Bonchev–Trinajstić information content (AvgIpc) is 2.26. The van der Waals surface area contributed by atoms with E-state index >= 15 is 0 Å². The number of anilines is 1. The monoisotopic (exact) mass is 269 g/mol. The Morgan fingerprint density at radius 2 is 2.33 bits per heavy atom. The second kappa shape index (κ2) is 6.11. The first kappa shape index (κ1) is 13.2. The highest BCUT2D eigenvalue weighted by molar-refractivity contribution is 6.29. The number of hydrogen-bond acceptors (Lipinski definition) is 4. The quantitative estimate of drug-likeness (QED) is 0.833. The fourth-order valence-electron chi connectivity index (χ4n) is 2.07. The number of nitrogens with zero attached hydrogens (tertiary/aromatic N) is 2. The van der Waals surface area contributed by atoms with Crippen LogP contribution >= 0.6 is 11.6 Å². The summed E-state index contributed by atoms with van der Waals surface area (Å²) in [5.74, 6) is 0.823. The Morgan fingerprint density at radius 3 is 3.00 bits per heavy atom. The van der Waals surface area contributed by atoms with E-state index in [-0.39, 0.29) is 5.91 Å². The molecule has 5 nitrogen and oxygen atoms in total. The van der Waals surface area contributed by atoms with E-state index in [1.807, 2.05) is 6.92 Å². The number of aromatic nitrogens is 2. The van der Waals surface area contributed by atoms with Gasteiger partial charge in [0.25, 0.3) is 0 Å². The van der Waals surface area contributed by atoms with Gasteiger partial charge in [-0.3, -0.25) is 4.79 Å². The smallest absolute Gasteiger partial charge is 0.225 e. The van der Waals surface area contributed by atoms with Crippen LogP contribution in [0.5, 0.6) is 0 Å². The zero-order valence-corrected chi connectivity index (χ0v) is 11.0. The minimum atomic E-state index is -0.0373. The summed E-state index contributed by atoms with van der Waals surface area (Å²) in [5, 5.41) is 3.03. The number of ether oxygens (including phenoxy) is 1. The molecule has 0 bridgehead atoms. The van der Waals surface area contributed by atoms with Crippen LogP contribution in [0.2, 0.25) is 5.15 Å². The van der Waals surface area contributed by atoms with Crippen LogP contribution in [0, 0.1) is 5.92 Å². The highest BCUT2D eigenvalue weighted by Crippen LogP contribution is 2.32. The van der Waals surface area contributed by atoms with E-state index < -0.39 is 0 Å². The van der Waals surface area contributed by atoms with Crippen LogP contribution in [0.4, 0.5) is 5.82 Å². The molecule has 1 amide bonds. The van der Waals surface area contributed by atoms with Gasteiger partial charge in [-0.2, -0.15) is 0 Å². The molecule has 1 fully saturated rings. The first-order valence-electron chi connectivity index (χ1n) is 6.06. The van der Waals surface area contributed by atoms with Crippen LogP contribution < -0.4 is 5.32 Å². The van der Waals surface area contributed by atoms with Crippen molar-refractivity contribution in [2.24, 2.45) is 5.92 Å². The summed E-state index contributed by atoms with van der Waals surface area (Å²) >= 11 is 5.71. The topological polar surface area (TPSA) is 64.1 Å². The Morgan fingerprint density at radius 1 is 1.56 bits per heavy atom. The van der Waals surface area contributed by atoms with E-state index in [1.54, 1.807) is 0 Å². The van der Waals surface area contributed by atoms with Crippen molar-refractivity contribution in [2.45, 2.75) is 32.3 Å². The summed E-state index contributed by atoms with van der Waals surface area (Å²) in [4.78, 5) is 19.4. The standard InChI is InChI=1S/C12H16ClN3O2/c1-2-18-9-3-8(4-9)5-12(17)16-11-6-10(13)14-7-15-11/h6-9H,2-5H2,1H3,(H,14,15,16,17). The second-order valence-electron chi connectivity index (χ2n) is 4.39. The highest BCUT2D eigenvalue weighted by atomic mass is 35.5. The molecule has 1 saturated carbocycles. The van der Waals surface area contributed by atoms with E-state index in [0.717, 1.165) is 19.4 Å². The van der Waals surface area contributed by atoms with Crippen LogP contribution in [-0.2, 0) is 9.53 Å². The average molecular weight is 270 g/mol. The number of amides is 1. The van der Waals surface area contributed by atoms with Crippen LogP contribution in [0.1, 0.15) is 26.2 Å². The molecule has 1 N–H and O–H groups in total. The Balaban J connectivity index is 1.73. The number of rotatable bonds is 5. The van der Waals surface area contributed by atoms with Gasteiger partial charge in [-0.05, 0) is 25.7 Å². The van der Waals surface area contributed by atoms with Gasteiger partial charge in [-0.15, -0.1) is 0 Å². The number of carbonyl (C=O) groups is 1. The second-order valence-corrected chi connectivity index (χ2v) is 4.78. The molecule has 1 aliphatic carbocycles. The van der Waals surface area contributed by atoms with Crippen molar-refractivity contribution >= 4 is 23.3 Å². The van der Waals surface area contributed by atoms with Crippen molar-refractivity contribution in [1.82, 2.24) is 9.97 Å². The summed E-state index contributed by atoms with van der Waals surface area (Å²) < 4.78 is 5.45. The Kier molecular flexibility index (Phi) is 4.49. The van der Waals surface area contributed by atoms with Gasteiger partial charge >= 0.3 is 0 Å². The molecular formula is C12H16ClN3O2. The third-order valence-corrected chi connectivity index (χ3v) is 3.18. The lowest BCUT2D eigenvalue weighted by Gasteiger charge is -2.34. The molecule has 1 aliphatic rings. The molecule has 18 heavy (non-hydrogen) atoms. The molecule has 0 aliphatic heterocycles. The van der Waals surface area contributed by atoms with Gasteiger partial charge in [0.1, 0.15) is 17.3 Å². The molecule has 98 valence electrons. The third-order valence-electron chi connectivity index (χ3n) is 2.97. The van der Waals surface area contributed by atoms with E-state index in [9.17, 15) is 4.79 Å². The van der Waals surface area contributed by atoms with Crippen LogP contribution in [0.3, 0.4) is 0 Å². The molecular weight excluding hydrogens is 254 g/mol. The fourth-order valence-corrected chi connectivity index (χ4v) is 2.22. The molecule has 0 spiro atoms. The van der Waals surface area contributed by atoms with E-state index in [1.165, 1.54) is 12.4 Å². The van der Waals surface area contributed by atoms with Gasteiger partial charge in [-0.1, -0.05) is 11.6 Å². The third kappa shape index (κ3) is 3.65. The number of carbonyl (C=O) groups excluding carboxylic acids is 1. The number of hydrogen-bond donors (Lipinski definition) is 1. The highest BCUT2D eigenvalue weighted by Gasteiger charge is 2.31. The van der Waals surface area contributed by atoms with Crippen molar-refractivity contribution in [3.05, 3.63) is 17.5 Å². The summed E-state index contributed by atoms with van der Waals surface area (Å²) in [6.07, 6.45) is 4.09. The molecule has 1 aromatic rings. The first-order valence-corrected chi connectivity index (χ1v) is 6.44. The predicted molar refractivity (Wildman–Crippen MR) is 68.4 cm³/mol. The lowest BCUT2D eigenvalue weighted by Crippen LogP contribution is -2.33. The zero-order valence-electron chi connectivity index (χ0n) is 10.2. The largest absolute Gasteiger partial charge is 0.378 e. The van der Waals surface area contributed by atoms with Gasteiger partial charge in [0, 0.05) is 19.1 Å². The maximum atomic E-state index is 11.7. The van der Waals surface area contributed by atoms with E-state index in [4.69, 9.17) is 16.3 Å². The molecule has 0 radical (unpaired) electrons. The van der Waals surface area contributed by atoms with Gasteiger partial charge in [-0.25, -0.2) is 9.97 Å². The summed E-state index contributed by atoms with van der Waals surface area (Å²) in [6, 6.07) is 1.53. The molecule has 6 heteroatoms. The molecule has 2 rings (SSSR count). The summed E-state index contributed by atoms with van der Waals surface area (Å²) in [6.45, 7) is 2.72. The minimum Gasteiger partial charge on any atom is -0.378 e. The van der Waals surface area contributed by atoms with Crippen LogP contribution in [-0.4, -0.2) is 28.6 Å². The Labute approximate surface area is 111 Å². The first-order chi connectivity index (χ1) is 8.67. The zero-order chi connectivity index (χ0) is 13.0. The van der Waals surface area contributed by atoms with Crippen LogP contribution in [0.25, 0.3) is 0 Å². The van der Waals surface area contributed by atoms with Crippen molar-refractivity contribution < 1.29 is 9.53 Å². The van der Waals surface area contributed by atoms with Crippen molar-refractivity contribution in [2.75, 3.05) is 11.9 Å². The SMILES string of the molecule is CCOC1CC(CC(=O)Nc2cc(Cl)ncn2)C1. The molecule has 0 saturated heterocycles. The number of nitrogens with one attached hydrogen (secondary N) is 1. The summed E-state index contributed by atoms with van der Waals surface area (Å²) in [7, 11) is 0. The van der Waals surface area contributed by atoms with Gasteiger partial charge in [0.05, 0.1) is 6.10 Å². The minimum absolute atomic E-state index is 0.0373. The predicted octanol–water partition coefficient (Wildman–Crippen LogP) is 2.27. The van der Waals surface area contributed by atoms with Crippen molar-refractivity contribution in [3.63, 3.8) is 0 Å². The van der Waals surface area contributed by atoms with Gasteiger partial charge in [0.15, 0.2) is 0 Å². The van der Waals surface area contributed by atoms with Gasteiger partial charge < -0.3 is 10.1 Å². The maximum absolute atomic E-state index is 11.7. The number of halogens is 1. The molecule has 1 heterocycles. The molecule has 0 atom stereocenters. The fraction of sp³-hybridized carbons (Fsp3) is 0.583. The molecule has 0 aromatic carbocycles. The van der Waals surface area contributed by atoms with Crippen LogP contribution in [0.15, 0.2) is 12.4 Å². The van der Waals surface area contributed by atoms with Crippen molar-refractivity contribution in [1.29, 1.82) is 0 Å². The Bertz CT molecular complexity index is 422. The maximum Gasteiger partial charge on any atom is 0.225 e. The van der Waals surface area contributed by atoms with E-state index in [2.05, 4.69) is 15.3 Å².